The van der Waals surface area contributed by atoms with Crippen molar-refractivity contribution in [2.45, 2.75) is 33.1 Å². The third kappa shape index (κ3) is 2.24. The van der Waals surface area contributed by atoms with Crippen molar-refractivity contribution in [3.63, 3.8) is 0 Å². The second kappa shape index (κ2) is 4.64. The molecule has 0 atom stereocenters. The normalized spacial score (nSPS) is 16.9. The molecule has 0 unspecified atom stereocenters. The van der Waals surface area contributed by atoms with Gasteiger partial charge in [-0.05, 0) is 0 Å². The van der Waals surface area contributed by atoms with Gasteiger partial charge < -0.3 is 0 Å². The number of hydrogen-bond acceptors (Lipinski definition) is 1. The van der Waals surface area contributed by atoms with Gasteiger partial charge in [-0.1, -0.05) is 0 Å². The van der Waals surface area contributed by atoms with Crippen LogP contribution in [0.15, 0.2) is 12.1 Å². The third-order valence-electron chi connectivity index (χ3n) is 3.73. The molecule has 0 amide bonds. The Kier molecular flexibility index (Phi) is 3.44. The van der Waals surface area contributed by atoms with E-state index in [1.165, 1.54) is 53.4 Å². The summed E-state index contributed by atoms with van der Waals surface area (Å²) in [5, 5.41) is 0. The van der Waals surface area contributed by atoms with Gasteiger partial charge in [0, 0.05) is 0 Å². The second-order valence-electron chi connectivity index (χ2n) is 4.70. The first kappa shape index (κ1) is 11.1. The molecule has 2 heteroatoms. The summed E-state index contributed by atoms with van der Waals surface area (Å²) in [6.45, 7) is 6.97. The fraction of sp³-hybridized carbons (Fsp3) is 0.538. The van der Waals surface area contributed by atoms with E-state index in [0.717, 1.165) is 0 Å². The fourth-order valence-electron chi connectivity index (χ4n) is 2.42. The molecule has 1 fully saturated rings. The van der Waals surface area contributed by atoms with E-state index in [0.29, 0.717) is 0 Å². The molecule has 15 heavy (non-hydrogen) atoms. The number of benzene rings is 1. The van der Waals surface area contributed by atoms with Gasteiger partial charge in [-0.25, -0.2) is 0 Å². The van der Waals surface area contributed by atoms with Crippen LogP contribution in [0.25, 0.3) is 0 Å². The Morgan fingerprint density at radius 3 is 2.33 bits per heavy atom. The van der Waals surface area contributed by atoms with Crippen LogP contribution in [0.4, 0.5) is 5.69 Å². The first-order valence-electron chi connectivity index (χ1n) is 6.02. The van der Waals surface area contributed by atoms with E-state index < -0.39 is 0 Å². The Morgan fingerprint density at radius 1 is 1.00 bits per heavy atom. The second-order valence-corrected chi connectivity index (χ2v) is 4.70. The monoisotopic (exact) mass is 195 g/mol. The van der Waals surface area contributed by atoms with Gasteiger partial charge in [0.25, 0.3) is 0 Å². The van der Waals surface area contributed by atoms with Gasteiger partial charge in [-0.3, -0.25) is 0 Å². The van der Waals surface area contributed by atoms with Crippen molar-refractivity contribution in [3.05, 3.63) is 23.3 Å². The number of piperidine rings is 1. The maximum atomic E-state index is 2.55. The summed E-state index contributed by atoms with van der Waals surface area (Å²) in [6, 6.07) is 4.55. The van der Waals surface area contributed by atoms with Crippen LogP contribution >= 0.6 is 0 Å². The summed E-state index contributed by atoms with van der Waals surface area (Å²) < 4.78 is 1.41. The molecule has 1 nitrogen and oxygen atoms in total. The molecule has 1 aliphatic heterocycles. The van der Waals surface area contributed by atoms with Crippen molar-refractivity contribution in [3.8, 4) is 0 Å². The van der Waals surface area contributed by atoms with Crippen LogP contribution in [-0.4, -0.2) is 30.8 Å². The zero-order chi connectivity index (χ0) is 10.8. The molecule has 1 aromatic carbocycles. The minimum absolute atomic E-state index is 1.24. The molecule has 0 saturated carbocycles. The predicted octanol–water partition coefficient (Wildman–Crippen LogP) is 2.09. The summed E-state index contributed by atoms with van der Waals surface area (Å²) in [4.78, 5) is 2.55. The van der Waals surface area contributed by atoms with Crippen molar-refractivity contribution in [1.82, 2.24) is 0 Å². The zero-order valence-corrected chi connectivity index (χ0v) is 10.1. The van der Waals surface area contributed by atoms with Gasteiger partial charge in [0.1, 0.15) is 0 Å². The fourth-order valence-corrected chi connectivity index (χ4v) is 2.42. The molecule has 1 saturated heterocycles. The predicted molar refractivity (Wildman–Crippen MR) is 67.4 cm³/mol. The van der Waals surface area contributed by atoms with Crippen LogP contribution in [0.1, 0.15) is 30.4 Å². The number of rotatable bonds is 1. The third-order valence-corrected chi connectivity index (χ3v) is 3.73. The van der Waals surface area contributed by atoms with E-state index in [1.54, 1.807) is 0 Å². The quantitative estimate of drug-likeness (QED) is 0.620. The van der Waals surface area contributed by atoms with Crippen molar-refractivity contribution in [2.75, 3.05) is 18.0 Å². The summed E-state index contributed by atoms with van der Waals surface area (Å²) in [6.07, 6.45) is 4.11. The SMILES string of the molecule is [Li][c]1ccc(N2CCCCC2)c(C)c1C. The van der Waals surface area contributed by atoms with Crippen LogP contribution in [0, 0.1) is 13.8 Å². The van der Waals surface area contributed by atoms with E-state index in [9.17, 15) is 0 Å². The molecule has 1 aromatic rings. The summed E-state index contributed by atoms with van der Waals surface area (Å²) in [5.74, 6) is 0. The Morgan fingerprint density at radius 2 is 1.67 bits per heavy atom. The van der Waals surface area contributed by atoms with Gasteiger partial charge >= 0.3 is 102 Å². The van der Waals surface area contributed by atoms with Gasteiger partial charge in [-0.15, -0.1) is 0 Å². The average molecular weight is 195 g/mol. The summed E-state index contributed by atoms with van der Waals surface area (Å²) >= 11 is 2.20. The summed E-state index contributed by atoms with van der Waals surface area (Å²) in [7, 11) is 0. The van der Waals surface area contributed by atoms with Gasteiger partial charge in [0.05, 0.1) is 0 Å². The van der Waals surface area contributed by atoms with Gasteiger partial charge in [0.2, 0.25) is 0 Å². The molecule has 2 rings (SSSR count). The molecule has 0 N–H and O–H groups in total. The first-order valence-corrected chi connectivity index (χ1v) is 6.02. The maximum absolute atomic E-state index is 2.55. The van der Waals surface area contributed by atoms with E-state index in [4.69, 9.17) is 0 Å². The number of anilines is 1. The molecule has 76 valence electrons. The molecule has 0 bridgehead atoms. The Bertz CT molecular complexity index is 354. The topological polar surface area (TPSA) is 3.24 Å². The molecule has 0 radical (unpaired) electrons. The Balaban J connectivity index is 2.31. The Hall–Kier alpha value is -0.383. The van der Waals surface area contributed by atoms with E-state index in [-0.39, 0.29) is 0 Å². The van der Waals surface area contributed by atoms with Crippen molar-refractivity contribution < 1.29 is 0 Å². The molecular weight excluding hydrogens is 177 g/mol. The van der Waals surface area contributed by atoms with Crippen molar-refractivity contribution >= 4 is 27.6 Å². The average Bonchev–Trinajstić information content (AvgIpc) is 2.27. The van der Waals surface area contributed by atoms with Crippen molar-refractivity contribution in [1.29, 1.82) is 0 Å². The molecule has 0 aliphatic carbocycles. The number of hydrogen-bond donors (Lipinski definition) is 0. The summed E-state index contributed by atoms with van der Waals surface area (Å²) in [5.41, 5.74) is 4.38. The van der Waals surface area contributed by atoms with E-state index >= 15 is 0 Å². The number of nitrogens with zero attached hydrogens (tertiary/aromatic N) is 1. The molecule has 0 aromatic heterocycles. The first-order chi connectivity index (χ1) is 7.20. The van der Waals surface area contributed by atoms with Gasteiger partial charge in [-0.2, -0.15) is 0 Å². The van der Waals surface area contributed by atoms with E-state index in [2.05, 4.69) is 48.6 Å². The molecule has 1 aliphatic rings. The minimum atomic E-state index is 1.24. The molecule has 1 heterocycles. The van der Waals surface area contributed by atoms with Crippen LogP contribution < -0.4 is 9.14 Å². The van der Waals surface area contributed by atoms with Crippen LogP contribution in [0.5, 0.6) is 0 Å². The Labute approximate surface area is 102 Å². The van der Waals surface area contributed by atoms with E-state index in [1.807, 2.05) is 0 Å². The zero-order valence-electron chi connectivity index (χ0n) is 10.1. The molecular formula is C13H18LiN. The molecule has 0 spiro atoms. The van der Waals surface area contributed by atoms with Crippen LogP contribution in [0.3, 0.4) is 0 Å². The standard InChI is InChI=1S/C13H18N.Li/c1-11-7-6-8-13(12(11)2)14-9-4-3-5-10-14;/h6,8H,3-5,9-10H2,1-2H3;. The van der Waals surface area contributed by atoms with Crippen LogP contribution in [-0.2, 0) is 0 Å². The van der Waals surface area contributed by atoms with Crippen LogP contribution in [0.2, 0.25) is 0 Å². The van der Waals surface area contributed by atoms with Crippen molar-refractivity contribution in [2.24, 2.45) is 0 Å². The van der Waals surface area contributed by atoms with Gasteiger partial charge in [0.15, 0.2) is 0 Å².